The van der Waals surface area contributed by atoms with Crippen LogP contribution in [0.1, 0.15) is 27.2 Å². The second-order valence-electron chi connectivity index (χ2n) is 8.80. The first-order valence-corrected chi connectivity index (χ1v) is 11.8. The van der Waals surface area contributed by atoms with Gasteiger partial charge in [-0.25, -0.2) is 0 Å². The molecular weight excluding hydrogens is 414 g/mol. The Morgan fingerprint density at radius 3 is 2.62 bits per heavy atom. The Morgan fingerprint density at radius 2 is 2.00 bits per heavy atom. The van der Waals surface area contributed by atoms with Crippen LogP contribution in [0.25, 0.3) is 0 Å². The van der Waals surface area contributed by atoms with Crippen LogP contribution >= 0.6 is 0 Å². The van der Waals surface area contributed by atoms with Crippen LogP contribution in [0.15, 0.2) is 12.2 Å². The molecule has 1 aliphatic carbocycles. The molecule has 2 amide bonds. The third-order valence-corrected chi connectivity index (χ3v) is 6.92. The predicted molar refractivity (Wildman–Crippen MR) is 117 cm³/mol. The van der Waals surface area contributed by atoms with Crippen molar-refractivity contribution >= 4 is 17.8 Å². The fraction of sp³-hybridized carbons (Fsp3) is 0.783. The fourth-order valence-corrected chi connectivity index (χ4v) is 5.23. The van der Waals surface area contributed by atoms with Crippen LogP contribution in [0.4, 0.5) is 0 Å². The molecule has 2 fully saturated rings. The number of morpholine rings is 1. The number of carbonyl (C=O) groups excluding carboxylic acids is 3. The summed E-state index contributed by atoms with van der Waals surface area (Å²) in [6, 6.07) is -1.29. The molecule has 3 aliphatic rings. The third-order valence-electron chi connectivity index (χ3n) is 6.92. The number of likely N-dealkylation sites (tertiary alicyclic amines) is 1. The molecule has 0 bridgehead atoms. The first-order valence-electron chi connectivity index (χ1n) is 11.8. The van der Waals surface area contributed by atoms with Crippen molar-refractivity contribution in [2.45, 2.75) is 39.3 Å². The van der Waals surface area contributed by atoms with Gasteiger partial charge in [0.25, 0.3) is 0 Å². The van der Waals surface area contributed by atoms with Gasteiger partial charge in [0.2, 0.25) is 11.8 Å². The van der Waals surface area contributed by atoms with Gasteiger partial charge in [-0.3, -0.25) is 19.3 Å². The zero-order valence-electron chi connectivity index (χ0n) is 19.4. The summed E-state index contributed by atoms with van der Waals surface area (Å²) in [5, 5.41) is 12.8. The number of aliphatic hydroxyl groups excluding tert-OH is 1. The second-order valence-corrected chi connectivity index (χ2v) is 8.80. The average molecular weight is 452 g/mol. The molecule has 2 saturated heterocycles. The van der Waals surface area contributed by atoms with Crippen molar-refractivity contribution in [2.75, 3.05) is 52.6 Å². The predicted octanol–water partition coefficient (Wildman–Crippen LogP) is 0.0341. The minimum atomic E-state index is -0.759. The molecule has 0 unspecified atom stereocenters. The van der Waals surface area contributed by atoms with Crippen molar-refractivity contribution in [1.82, 2.24) is 15.1 Å². The summed E-state index contributed by atoms with van der Waals surface area (Å²) in [5.41, 5.74) is 0. The highest BCUT2D eigenvalue weighted by molar-refractivity contribution is 5.96. The zero-order chi connectivity index (χ0) is 23.3. The van der Waals surface area contributed by atoms with Crippen LogP contribution in [0.5, 0.6) is 0 Å². The number of amides is 2. The molecule has 0 radical (unpaired) electrons. The van der Waals surface area contributed by atoms with Gasteiger partial charge < -0.3 is 24.8 Å². The Labute approximate surface area is 190 Å². The summed E-state index contributed by atoms with van der Waals surface area (Å²) >= 11 is 0. The zero-order valence-corrected chi connectivity index (χ0v) is 19.4. The molecule has 2 N–H and O–H groups in total. The van der Waals surface area contributed by atoms with Crippen LogP contribution in [-0.4, -0.2) is 97.4 Å². The Morgan fingerprint density at radius 1 is 1.28 bits per heavy atom. The van der Waals surface area contributed by atoms with Crippen molar-refractivity contribution < 1.29 is 29.0 Å². The molecule has 180 valence electrons. The van der Waals surface area contributed by atoms with E-state index in [2.05, 4.69) is 10.2 Å². The number of aliphatic hydroxyl groups is 1. The van der Waals surface area contributed by atoms with E-state index in [9.17, 15) is 19.5 Å². The molecule has 0 saturated carbocycles. The number of esters is 1. The lowest BCUT2D eigenvalue weighted by atomic mass is 9.69. The Balaban J connectivity index is 1.80. The number of nitrogens with zero attached hydrogens (tertiary/aromatic N) is 2. The lowest BCUT2D eigenvalue weighted by Gasteiger charge is -2.33. The smallest absolute Gasteiger partial charge is 0.310 e. The summed E-state index contributed by atoms with van der Waals surface area (Å²) in [4.78, 5) is 43.4. The monoisotopic (exact) mass is 451 g/mol. The van der Waals surface area contributed by atoms with Gasteiger partial charge in [-0.05, 0) is 26.2 Å². The van der Waals surface area contributed by atoms with Crippen LogP contribution in [-0.2, 0) is 23.9 Å². The van der Waals surface area contributed by atoms with E-state index in [-0.39, 0.29) is 30.9 Å². The minimum Gasteiger partial charge on any atom is -0.466 e. The Hall–Kier alpha value is -1.97. The van der Waals surface area contributed by atoms with Crippen molar-refractivity contribution in [3.8, 4) is 0 Å². The topological polar surface area (TPSA) is 108 Å². The van der Waals surface area contributed by atoms with Gasteiger partial charge in [0.05, 0.1) is 44.3 Å². The van der Waals surface area contributed by atoms with Gasteiger partial charge in [-0.1, -0.05) is 19.1 Å². The van der Waals surface area contributed by atoms with E-state index < -0.39 is 35.8 Å². The first-order chi connectivity index (χ1) is 15.4. The fourth-order valence-electron chi connectivity index (χ4n) is 5.23. The number of allylic oxidation sites excluding steroid dienone is 1. The molecule has 0 spiro atoms. The van der Waals surface area contributed by atoms with Crippen molar-refractivity contribution in [2.24, 2.45) is 23.7 Å². The lowest BCUT2D eigenvalue weighted by molar-refractivity contribution is -0.156. The maximum atomic E-state index is 13.5. The number of nitrogens with one attached hydrogen (secondary N) is 1. The quantitative estimate of drug-likeness (QED) is 0.376. The minimum absolute atomic E-state index is 0.117. The van der Waals surface area contributed by atoms with E-state index in [0.717, 1.165) is 13.1 Å². The van der Waals surface area contributed by atoms with E-state index >= 15 is 0 Å². The standard InChI is InChI=1S/C23H37N3O6/c1-4-16-6-7-17-19(18(16)23(30)32-5-2)22(29)26(15(3)14-27)20(17)21(28)24-8-9-25-10-12-31-13-11-25/h6-7,15-20,27H,4-5,8-14H2,1-3H3,(H,24,28)/t15-,16-,17+,18-,19-,20+/m1/s1. The summed E-state index contributed by atoms with van der Waals surface area (Å²) < 4.78 is 10.7. The second kappa shape index (κ2) is 11.2. The van der Waals surface area contributed by atoms with Gasteiger partial charge in [-0.15, -0.1) is 0 Å². The maximum Gasteiger partial charge on any atom is 0.310 e. The van der Waals surface area contributed by atoms with Crippen LogP contribution < -0.4 is 5.32 Å². The molecule has 2 heterocycles. The number of hydrogen-bond acceptors (Lipinski definition) is 7. The number of ether oxygens (including phenoxy) is 2. The Bertz CT molecular complexity index is 708. The van der Waals surface area contributed by atoms with Crippen LogP contribution in [0.3, 0.4) is 0 Å². The SMILES string of the molecule is CCOC(=O)[C@H]1[C@@H]2C(=O)N([C@H](C)CO)[C@H](C(=O)NCCN3CCOCC3)[C@H]2C=C[C@H]1CC. The summed E-state index contributed by atoms with van der Waals surface area (Å²) in [5.74, 6) is -2.73. The number of carbonyl (C=O) groups is 3. The molecule has 0 aromatic rings. The van der Waals surface area contributed by atoms with E-state index in [1.54, 1.807) is 13.8 Å². The molecule has 3 rings (SSSR count). The maximum absolute atomic E-state index is 13.5. The average Bonchev–Trinajstić information content (AvgIpc) is 3.11. The summed E-state index contributed by atoms with van der Waals surface area (Å²) in [6.07, 6.45) is 4.57. The normalized spacial score (nSPS) is 31.3. The summed E-state index contributed by atoms with van der Waals surface area (Å²) in [7, 11) is 0. The van der Waals surface area contributed by atoms with E-state index in [4.69, 9.17) is 9.47 Å². The van der Waals surface area contributed by atoms with E-state index in [0.29, 0.717) is 32.7 Å². The van der Waals surface area contributed by atoms with E-state index in [1.807, 2.05) is 19.1 Å². The highest BCUT2D eigenvalue weighted by Crippen LogP contribution is 2.45. The highest BCUT2D eigenvalue weighted by Gasteiger charge is 2.58. The van der Waals surface area contributed by atoms with Gasteiger partial charge in [0.1, 0.15) is 6.04 Å². The largest absolute Gasteiger partial charge is 0.466 e. The molecule has 0 aromatic heterocycles. The van der Waals surface area contributed by atoms with Crippen LogP contribution in [0, 0.1) is 23.7 Å². The molecule has 9 nitrogen and oxygen atoms in total. The summed E-state index contributed by atoms with van der Waals surface area (Å²) in [6.45, 7) is 9.65. The van der Waals surface area contributed by atoms with E-state index in [1.165, 1.54) is 4.90 Å². The van der Waals surface area contributed by atoms with Crippen LogP contribution in [0.2, 0.25) is 0 Å². The molecule has 0 aromatic carbocycles. The molecule has 6 atom stereocenters. The van der Waals surface area contributed by atoms with Gasteiger partial charge >= 0.3 is 5.97 Å². The third kappa shape index (κ3) is 5.00. The highest BCUT2D eigenvalue weighted by atomic mass is 16.5. The van der Waals surface area contributed by atoms with Gasteiger partial charge in [0.15, 0.2) is 0 Å². The Kier molecular flexibility index (Phi) is 8.67. The molecular formula is C23H37N3O6. The van der Waals surface area contributed by atoms with Gasteiger partial charge in [-0.2, -0.15) is 0 Å². The number of fused-ring (bicyclic) bond motifs is 1. The molecule has 2 aliphatic heterocycles. The molecule has 9 heteroatoms. The molecule has 32 heavy (non-hydrogen) atoms. The van der Waals surface area contributed by atoms with Crippen molar-refractivity contribution in [3.63, 3.8) is 0 Å². The lowest BCUT2D eigenvalue weighted by Crippen LogP contribution is -2.52. The first kappa shape index (κ1) is 24.7. The van der Waals surface area contributed by atoms with Crippen molar-refractivity contribution in [3.05, 3.63) is 12.2 Å². The van der Waals surface area contributed by atoms with Crippen molar-refractivity contribution in [1.29, 1.82) is 0 Å². The number of hydrogen-bond donors (Lipinski definition) is 2. The van der Waals surface area contributed by atoms with Gasteiger partial charge in [0, 0.05) is 32.1 Å². The number of rotatable bonds is 9.